The third-order valence-corrected chi connectivity index (χ3v) is 4.00. The first-order valence-electron chi connectivity index (χ1n) is 7.38. The Hall–Kier alpha value is -1.26. The maximum Gasteiger partial charge on any atom is 0.127 e. The van der Waals surface area contributed by atoms with Crippen LogP contribution in [0.3, 0.4) is 0 Å². The molecule has 0 saturated carbocycles. The fourth-order valence-corrected chi connectivity index (χ4v) is 3.04. The standard InChI is InChI=1S/C16H26N2O2/c1-5-13(18-8-6-17-7-9-18)16-14(19-3)10-12(2)11-15(16)20-4/h10-11,13,17H,5-9H2,1-4H3/t13-/m0/s1. The fourth-order valence-electron chi connectivity index (χ4n) is 3.04. The van der Waals surface area contributed by atoms with Crippen molar-refractivity contribution in [3.63, 3.8) is 0 Å². The van der Waals surface area contributed by atoms with E-state index in [2.05, 4.69) is 36.2 Å². The van der Waals surface area contributed by atoms with Crippen LogP contribution in [0.1, 0.15) is 30.5 Å². The van der Waals surface area contributed by atoms with Gasteiger partial charge in [0.25, 0.3) is 0 Å². The first kappa shape index (κ1) is 15.1. The first-order valence-corrected chi connectivity index (χ1v) is 7.38. The molecular weight excluding hydrogens is 252 g/mol. The molecule has 0 amide bonds. The van der Waals surface area contributed by atoms with Crippen LogP contribution in [-0.4, -0.2) is 45.3 Å². The largest absolute Gasteiger partial charge is 0.496 e. The molecule has 1 atom stereocenters. The lowest BCUT2D eigenvalue weighted by atomic mass is 9.98. The van der Waals surface area contributed by atoms with E-state index in [0.29, 0.717) is 6.04 Å². The van der Waals surface area contributed by atoms with Crippen LogP contribution in [0.2, 0.25) is 0 Å². The quantitative estimate of drug-likeness (QED) is 0.896. The highest BCUT2D eigenvalue weighted by Crippen LogP contribution is 2.39. The van der Waals surface area contributed by atoms with Crippen molar-refractivity contribution in [2.24, 2.45) is 0 Å². The van der Waals surface area contributed by atoms with Crippen LogP contribution >= 0.6 is 0 Å². The second kappa shape index (κ2) is 6.95. The van der Waals surface area contributed by atoms with Gasteiger partial charge in [-0.15, -0.1) is 0 Å². The van der Waals surface area contributed by atoms with Crippen molar-refractivity contribution < 1.29 is 9.47 Å². The molecule has 0 spiro atoms. The topological polar surface area (TPSA) is 33.7 Å². The van der Waals surface area contributed by atoms with E-state index in [4.69, 9.17) is 9.47 Å². The van der Waals surface area contributed by atoms with Crippen LogP contribution in [0.5, 0.6) is 11.5 Å². The molecule has 0 aromatic heterocycles. The van der Waals surface area contributed by atoms with Gasteiger partial charge in [0.2, 0.25) is 0 Å². The zero-order valence-electron chi connectivity index (χ0n) is 13.0. The number of methoxy groups -OCH3 is 2. The number of ether oxygens (including phenoxy) is 2. The molecule has 1 aliphatic rings. The molecule has 1 N–H and O–H groups in total. The minimum absolute atomic E-state index is 0.350. The Morgan fingerprint density at radius 2 is 1.70 bits per heavy atom. The van der Waals surface area contributed by atoms with Gasteiger partial charge in [0.05, 0.1) is 19.8 Å². The molecule has 0 bridgehead atoms. The highest BCUT2D eigenvalue weighted by molar-refractivity contribution is 5.49. The second-order valence-corrected chi connectivity index (χ2v) is 5.29. The van der Waals surface area contributed by atoms with Crippen molar-refractivity contribution in [1.29, 1.82) is 0 Å². The minimum Gasteiger partial charge on any atom is -0.496 e. The Bertz CT molecular complexity index is 417. The highest BCUT2D eigenvalue weighted by Gasteiger charge is 2.26. The summed E-state index contributed by atoms with van der Waals surface area (Å²) in [6.07, 6.45) is 1.05. The van der Waals surface area contributed by atoms with Gasteiger partial charge in [-0.2, -0.15) is 0 Å². The van der Waals surface area contributed by atoms with E-state index >= 15 is 0 Å². The van der Waals surface area contributed by atoms with Crippen molar-refractivity contribution >= 4 is 0 Å². The maximum absolute atomic E-state index is 5.62. The molecular formula is C16H26N2O2. The van der Waals surface area contributed by atoms with Gasteiger partial charge in [-0.05, 0) is 31.0 Å². The number of hydrogen-bond donors (Lipinski definition) is 1. The lowest BCUT2D eigenvalue weighted by Crippen LogP contribution is -2.45. The molecule has 1 aromatic carbocycles. The van der Waals surface area contributed by atoms with Crippen LogP contribution in [-0.2, 0) is 0 Å². The highest BCUT2D eigenvalue weighted by atomic mass is 16.5. The lowest BCUT2D eigenvalue weighted by Gasteiger charge is -2.36. The summed E-state index contributed by atoms with van der Waals surface area (Å²) in [6, 6.07) is 4.55. The number of hydrogen-bond acceptors (Lipinski definition) is 4. The van der Waals surface area contributed by atoms with Gasteiger partial charge < -0.3 is 14.8 Å². The average Bonchev–Trinajstić information content (AvgIpc) is 2.49. The zero-order chi connectivity index (χ0) is 14.5. The number of nitrogens with zero attached hydrogens (tertiary/aromatic N) is 1. The molecule has 20 heavy (non-hydrogen) atoms. The van der Waals surface area contributed by atoms with E-state index in [1.165, 1.54) is 5.56 Å². The van der Waals surface area contributed by atoms with E-state index in [0.717, 1.165) is 49.7 Å². The molecule has 1 aliphatic heterocycles. The van der Waals surface area contributed by atoms with Gasteiger partial charge in [-0.25, -0.2) is 0 Å². The Balaban J connectivity index is 2.41. The first-order chi connectivity index (χ1) is 9.71. The Labute approximate surface area is 122 Å². The lowest BCUT2D eigenvalue weighted by molar-refractivity contribution is 0.163. The molecule has 2 rings (SSSR count). The van der Waals surface area contributed by atoms with Gasteiger partial charge in [-0.1, -0.05) is 6.92 Å². The van der Waals surface area contributed by atoms with Crippen molar-refractivity contribution in [3.05, 3.63) is 23.3 Å². The third-order valence-electron chi connectivity index (χ3n) is 4.00. The Morgan fingerprint density at radius 3 is 2.15 bits per heavy atom. The van der Waals surface area contributed by atoms with Crippen molar-refractivity contribution in [2.45, 2.75) is 26.3 Å². The van der Waals surface area contributed by atoms with E-state index in [-0.39, 0.29) is 0 Å². The summed E-state index contributed by atoms with van der Waals surface area (Å²) in [5.74, 6) is 1.87. The monoisotopic (exact) mass is 278 g/mol. The third kappa shape index (κ3) is 3.07. The maximum atomic E-state index is 5.62. The molecule has 0 radical (unpaired) electrons. The van der Waals surface area contributed by atoms with Gasteiger partial charge in [0, 0.05) is 32.2 Å². The number of nitrogens with one attached hydrogen (secondary N) is 1. The molecule has 1 aromatic rings. The molecule has 1 heterocycles. The predicted octanol–water partition coefficient (Wildman–Crippen LogP) is 2.37. The Morgan fingerprint density at radius 1 is 1.15 bits per heavy atom. The predicted molar refractivity (Wildman–Crippen MR) is 81.8 cm³/mol. The fraction of sp³-hybridized carbons (Fsp3) is 0.625. The van der Waals surface area contributed by atoms with Gasteiger partial charge in [0.1, 0.15) is 11.5 Å². The van der Waals surface area contributed by atoms with Gasteiger partial charge in [0.15, 0.2) is 0 Å². The number of piperazine rings is 1. The van der Waals surface area contributed by atoms with Crippen LogP contribution in [0.4, 0.5) is 0 Å². The molecule has 0 aliphatic carbocycles. The van der Waals surface area contributed by atoms with Crippen LogP contribution in [0, 0.1) is 6.92 Å². The van der Waals surface area contributed by atoms with Crippen LogP contribution in [0.15, 0.2) is 12.1 Å². The number of benzene rings is 1. The van der Waals surface area contributed by atoms with Crippen molar-refractivity contribution in [1.82, 2.24) is 10.2 Å². The molecule has 1 saturated heterocycles. The molecule has 4 nitrogen and oxygen atoms in total. The average molecular weight is 278 g/mol. The molecule has 0 unspecified atom stereocenters. The van der Waals surface area contributed by atoms with E-state index in [9.17, 15) is 0 Å². The molecule has 112 valence electrons. The van der Waals surface area contributed by atoms with Gasteiger partial charge >= 0.3 is 0 Å². The summed E-state index contributed by atoms with van der Waals surface area (Å²) in [5, 5.41) is 3.41. The second-order valence-electron chi connectivity index (χ2n) is 5.29. The zero-order valence-corrected chi connectivity index (χ0v) is 13.0. The minimum atomic E-state index is 0.350. The summed E-state index contributed by atoms with van der Waals surface area (Å²) in [5.41, 5.74) is 2.35. The summed E-state index contributed by atoms with van der Waals surface area (Å²) in [7, 11) is 3.48. The van der Waals surface area contributed by atoms with Crippen molar-refractivity contribution in [2.75, 3.05) is 40.4 Å². The summed E-state index contributed by atoms with van der Waals surface area (Å²) in [4.78, 5) is 2.52. The Kier molecular flexibility index (Phi) is 5.26. The normalized spacial score (nSPS) is 17.8. The van der Waals surface area contributed by atoms with Crippen LogP contribution in [0.25, 0.3) is 0 Å². The summed E-state index contributed by atoms with van der Waals surface area (Å²) < 4.78 is 11.2. The van der Waals surface area contributed by atoms with E-state index in [1.54, 1.807) is 14.2 Å². The smallest absolute Gasteiger partial charge is 0.127 e. The SMILES string of the molecule is CC[C@@H](c1c(OC)cc(C)cc1OC)N1CCNCC1. The number of aryl methyl sites for hydroxylation is 1. The summed E-state index contributed by atoms with van der Waals surface area (Å²) in [6.45, 7) is 8.53. The molecule has 1 fully saturated rings. The van der Waals surface area contributed by atoms with Crippen molar-refractivity contribution in [3.8, 4) is 11.5 Å². The van der Waals surface area contributed by atoms with Gasteiger partial charge in [-0.3, -0.25) is 4.90 Å². The number of rotatable bonds is 5. The van der Waals surface area contributed by atoms with Crippen LogP contribution < -0.4 is 14.8 Å². The molecule has 4 heteroatoms. The van der Waals surface area contributed by atoms with E-state index < -0.39 is 0 Å². The summed E-state index contributed by atoms with van der Waals surface area (Å²) >= 11 is 0. The van der Waals surface area contributed by atoms with E-state index in [1.807, 2.05) is 0 Å².